The molecule has 1 aromatic carbocycles. The lowest BCUT2D eigenvalue weighted by atomic mass is 10.2. The highest BCUT2D eigenvalue weighted by Gasteiger charge is 2.15. The van der Waals surface area contributed by atoms with Gasteiger partial charge < -0.3 is 4.42 Å². The van der Waals surface area contributed by atoms with E-state index < -0.39 is 0 Å². The summed E-state index contributed by atoms with van der Waals surface area (Å²) in [6, 6.07) is 11.1. The van der Waals surface area contributed by atoms with Gasteiger partial charge >= 0.3 is 0 Å². The molecule has 0 unspecified atom stereocenters. The highest BCUT2D eigenvalue weighted by atomic mass is 32.1. The number of carbonyl (C=O) groups is 1. The number of aromatic nitrogens is 1. The number of benzene rings is 1. The van der Waals surface area contributed by atoms with Crippen LogP contribution in [0.3, 0.4) is 0 Å². The molecule has 0 aliphatic carbocycles. The monoisotopic (exact) mass is 341 g/mol. The maximum absolute atomic E-state index is 11.9. The number of nitrogens with one attached hydrogen (secondary N) is 2. The van der Waals surface area contributed by atoms with Gasteiger partial charge in [-0.3, -0.25) is 20.4 Å². The molecule has 0 spiro atoms. The van der Waals surface area contributed by atoms with Gasteiger partial charge in [0, 0.05) is 17.0 Å². The van der Waals surface area contributed by atoms with Crippen LogP contribution in [0.25, 0.3) is 11.3 Å². The smallest absolute Gasteiger partial charge is 0.226 e. The summed E-state index contributed by atoms with van der Waals surface area (Å²) in [6.07, 6.45) is 0. The minimum Gasteiger partial charge on any atom is -0.443 e. The van der Waals surface area contributed by atoms with Crippen LogP contribution in [0.4, 0.5) is 11.0 Å². The van der Waals surface area contributed by atoms with Crippen molar-refractivity contribution in [3.05, 3.63) is 63.3 Å². The second-order valence-corrected chi connectivity index (χ2v) is 5.99. The minimum absolute atomic E-state index is 0.0204. The van der Waals surface area contributed by atoms with E-state index in [2.05, 4.69) is 15.8 Å². The van der Waals surface area contributed by atoms with Gasteiger partial charge in [0.2, 0.25) is 11.0 Å². The maximum atomic E-state index is 11.9. The molecule has 0 saturated heterocycles. The Kier molecular flexibility index (Phi) is 4.43. The maximum Gasteiger partial charge on any atom is 0.226 e. The van der Waals surface area contributed by atoms with Crippen LogP contribution < -0.4 is 16.3 Å². The number of anilines is 2. The SMILES string of the molecule is CC(=O)c1c(NNc2nc(-c3ccccc3)cs2)oc(C)cc1=O. The topological polar surface area (TPSA) is 84.2 Å². The average Bonchev–Trinajstić information content (AvgIpc) is 3.01. The number of hydrazine groups is 1. The summed E-state index contributed by atoms with van der Waals surface area (Å²) in [6.45, 7) is 2.97. The van der Waals surface area contributed by atoms with Crippen molar-refractivity contribution >= 4 is 28.1 Å². The van der Waals surface area contributed by atoms with E-state index in [0.29, 0.717) is 10.9 Å². The van der Waals surface area contributed by atoms with E-state index in [1.54, 1.807) is 6.92 Å². The van der Waals surface area contributed by atoms with Crippen molar-refractivity contribution in [2.75, 3.05) is 10.9 Å². The normalized spacial score (nSPS) is 10.4. The van der Waals surface area contributed by atoms with Crippen LogP contribution in [-0.4, -0.2) is 10.8 Å². The molecule has 2 N–H and O–H groups in total. The molecule has 2 aromatic heterocycles. The molecule has 2 heterocycles. The van der Waals surface area contributed by atoms with Crippen LogP contribution in [-0.2, 0) is 0 Å². The molecule has 0 bridgehead atoms. The molecular weight excluding hydrogens is 326 g/mol. The first kappa shape index (κ1) is 15.9. The number of carbonyl (C=O) groups excluding carboxylic acids is 1. The molecule has 0 atom stereocenters. The highest BCUT2D eigenvalue weighted by Crippen LogP contribution is 2.25. The quantitative estimate of drug-likeness (QED) is 0.543. The molecule has 0 amide bonds. The summed E-state index contributed by atoms with van der Waals surface area (Å²) in [4.78, 5) is 28.1. The number of aryl methyl sites for hydroxylation is 1. The molecule has 6 nitrogen and oxygen atoms in total. The van der Waals surface area contributed by atoms with Crippen LogP contribution in [0.1, 0.15) is 23.0 Å². The minimum atomic E-state index is -0.375. The first-order chi connectivity index (χ1) is 11.5. The van der Waals surface area contributed by atoms with Crippen molar-refractivity contribution in [2.45, 2.75) is 13.8 Å². The fraction of sp³-hybridized carbons (Fsp3) is 0.118. The van der Waals surface area contributed by atoms with Crippen LogP contribution in [0.2, 0.25) is 0 Å². The van der Waals surface area contributed by atoms with E-state index in [4.69, 9.17) is 4.42 Å². The van der Waals surface area contributed by atoms with E-state index in [1.165, 1.54) is 24.3 Å². The number of nitrogens with zero attached hydrogens (tertiary/aromatic N) is 1. The molecular formula is C17H15N3O3S. The highest BCUT2D eigenvalue weighted by molar-refractivity contribution is 7.14. The van der Waals surface area contributed by atoms with Gasteiger partial charge in [-0.05, 0) is 13.8 Å². The Morgan fingerprint density at radius 3 is 2.67 bits per heavy atom. The summed E-state index contributed by atoms with van der Waals surface area (Å²) in [5, 5.41) is 2.50. The largest absolute Gasteiger partial charge is 0.443 e. The molecule has 0 saturated carbocycles. The zero-order valence-electron chi connectivity index (χ0n) is 13.1. The molecule has 7 heteroatoms. The molecule has 3 rings (SSSR count). The van der Waals surface area contributed by atoms with Gasteiger partial charge in [0.25, 0.3) is 0 Å². The number of hydrogen-bond acceptors (Lipinski definition) is 7. The number of Topliss-reactive ketones (excluding diaryl/α,β-unsaturated/α-hetero) is 1. The van der Waals surface area contributed by atoms with Crippen molar-refractivity contribution in [3.63, 3.8) is 0 Å². The first-order valence-electron chi connectivity index (χ1n) is 7.23. The van der Waals surface area contributed by atoms with E-state index in [0.717, 1.165) is 11.3 Å². The third-order valence-electron chi connectivity index (χ3n) is 3.28. The molecule has 0 fully saturated rings. The number of hydrogen-bond donors (Lipinski definition) is 2. The van der Waals surface area contributed by atoms with Crippen LogP contribution >= 0.6 is 11.3 Å². The zero-order valence-corrected chi connectivity index (χ0v) is 13.9. The molecule has 3 aromatic rings. The lowest BCUT2D eigenvalue weighted by Gasteiger charge is -2.09. The van der Waals surface area contributed by atoms with E-state index in [-0.39, 0.29) is 22.7 Å². The van der Waals surface area contributed by atoms with Gasteiger partial charge in [-0.15, -0.1) is 11.3 Å². The average molecular weight is 341 g/mol. The molecule has 0 aliphatic heterocycles. The predicted octanol–water partition coefficient (Wildman–Crippen LogP) is 3.71. The third kappa shape index (κ3) is 3.36. The van der Waals surface area contributed by atoms with Crippen molar-refractivity contribution in [1.29, 1.82) is 0 Å². The third-order valence-corrected chi connectivity index (χ3v) is 4.04. The Bertz CT molecular complexity index is 932. The van der Waals surface area contributed by atoms with Crippen molar-refractivity contribution < 1.29 is 9.21 Å². The van der Waals surface area contributed by atoms with E-state index >= 15 is 0 Å². The Morgan fingerprint density at radius 1 is 1.21 bits per heavy atom. The van der Waals surface area contributed by atoms with E-state index in [1.807, 2.05) is 35.7 Å². The lowest BCUT2D eigenvalue weighted by Crippen LogP contribution is -2.19. The van der Waals surface area contributed by atoms with Gasteiger partial charge in [-0.1, -0.05) is 30.3 Å². The lowest BCUT2D eigenvalue weighted by molar-refractivity contribution is 0.101. The first-order valence-corrected chi connectivity index (χ1v) is 8.11. The molecule has 0 aliphatic rings. The molecule has 122 valence electrons. The summed E-state index contributed by atoms with van der Waals surface area (Å²) < 4.78 is 5.45. The Hall–Kier alpha value is -2.93. The molecule has 24 heavy (non-hydrogen) atoms. The zero-order chi connectivity index (χ0) is 17.1. The number of rotatable bonds is 5. The summed E-state index contributed by atoms with van der Waals surface area (Å²) >= 11 is 1.40. The Labute approximate surface area is 142 Å². The van der Waals surface area contributed by atoms with Gasteiger partial charge in [0.15, 0.2) is 11.2 Å². The van der Waals surface area contributed by atoms with Crippen molar-refractivity contribution in [3.8, 4) is 11.3 Å². The predicted molar refractivity (Wildman–Crippen MR) is 94.5 cm³/mol. The standard InChI is InChI=1S/C17H15N3O3S/c1-10-8-14(22)15(11(2)21)16(23-10)19-20-17-18-13(9-24-17)12-6-4-3-5-7-12/h3-9,19H,1-2H3,(H,18,20). The molecule has 0 radical (unpaired) electrons. The van der Waals surface area contributed by atoms with Gasteiger partial charge in [0.05, 0.1) is 5.69 Å². The van der Waals surface area contributed by atoms with Crippen molar-refractivity contribution in [1.82, 2.24) is 4.98 Å². The second kappa shape index (κ2) is 6.67. The Morgan fingerprint density at radius 2 is 1.96 bits per heavy atom. The second-order valence-electron chi connectivity index (χ2n) is 5.14. The fourth-order valence-electron chi connectivity index (χ4n) is 2.21. The number of ketones is 1. The van der Waals surface area contributed by atoms with Gasteiger partial charge in [-0.2, -0.15) is 0 Å². The van der Waals surface area contributed by atoms with E-state index in [9.17, 15) is 9.59 Å². The number of thiazole rings is 1. The summed E-state index contributed by atoms with van der Waals surface area (Å²) in [5.74, 6) is 0.138. The Balaban J connectivity index is 1.81. The fourth-order valence-corrected chi connectivity index (χ4v) is 2.89. The van der Waals surface area contributed by atoms with Crippen molar-refractivity contribution in [2.24, 2.45) is 0 Å². The van der Waals surface area contributed by atoms with Gasteiger partial charge in [0.1, 0.15) is 11.3 Å². The van der Waals surface area contributed by atoms with Crippen LogP contribution in [0.15, 0.2) is 51.0 Å². The van der Waals surface area contributed by atoms with Gasteiger partial charge in [-0.25, -0.2) is 4.98 Å². The van der Waals surface area contributed by atoms with Crippen LogP contribution in [0, 0.1) is 6.92 Å². The summed E-state index contributed by atoms with van der Waals surface area (Å²) in [5.41, 5.74) is 7.09. The van der Waals surface area contributed by atoms with Crippen LogP contribution in [0.5, 0.6) is 0 Å². The summed E-state index contributed by atoms with van der Waals surface area (Å²) in [7, 11) is 0.